The van der Waals surface area contributed by atoms with Gasteiger partial charge in [0.1, 0.15) is 5.00 Å². The van der Waals surface area contributed by atoms with Gasteiger partial charge in [-0.05, 0) is 18.6 Å². The Morgan fingerprint density at radius 3 is 3.08 bits per heavy atom. The molecular weight excluding hydrogens is 184 g/mol. The van der Waals surface area contributed by atoms with Gasteiger partial charge in [0.2, 0.25) is 6.08 Å². The summed E-state index contributed by atoms with van der Waals surface area (Å²) in [6.07, 6.45) is 5.10. The van der Waals surface area contributed by atoms with Gasteiger partial charge < -0.3 is 0 Å². The molecule has 64 valence electrons. The van der Waals surface area contributed by atoms with Crippen molar-refractivity contribution in [3.8, 4) is 0 Å². The maximum Gasteiger partial charge on any atom is 0.241 e. The lowest BCUT2D eigenvalue weighted by Gasteiger charge is -1.90. The Bertz CT molecular complexity index is 497. The van der Waals surface area contributed by atoms with Crippen molar-refractivity contribution in [3.63, 3.8) is 0 Å². The number of thiophene rings is 1. The highest BCUT2D eigenvalue weighted by molar-refractivity contribution is 7.22. The first-order valence-corrected chi connectivity index (χ1v) is 4.55. The van der Waals surface area contributed by atoms with Crippen molar-refractivity contribution in [2.45, 2.75) is 6.92 Å². The van der Waals surface area contributed by atoms with Crippen LogP contribution in [0.25, 0.3) is 10.1 Å². The van der Waals surface area contributed by atoms with E-state index in [9.17, 15) is 4.79 Å². The van der Waals surface area contributed by atoms with E-state index in [1.54, 1.807) is 12.4 Å². The van der Waals surface area contributed by atoms with E-state index in [1.165, 1.54) is 17.4 Å². The first kappa shape index (κ1) is 8.10. The van der Waals surface area contributed by atoms with Gasteiger partial charge in [0.05, 0.1) is 4.70 Å². The fourth-order valence-corrected chi connectivity index (χ4v) is 2.11. The SMILES string of the molecule is Cc1cncc2sc(N=C=O)cc12. The summed E-state index contributed by atoms with van der Waals surface area (Å²) in [4.78, 5) is 17.7. The van der Waals surface area contributed by atoms with Crippen LogP contribution in [0.15, 0.2) is 23.5 Å². The van der Waals surface area contributed by atoms with Gasteiger partial charge in [0, 0.05) is 17.8 Å². The Labute approximate surface area is 78.8 Å². The van der Waals surface area contributed by atoms with Gasteiger partial charge in [-0.3, -0.25) is 4.98 Å². The number of rotatable bonds is 1. The molecule has 0 aromatic carbocycles. The fraction of sp³-hybridized carbons (Fsp3) is 0.111. The molecule has 0 aliphatic rings. The summed E-state index contributed by atoms with van der Waals surface area (Å²) in [6.45, 7) is 1.98. The van der Waals surface area contributed by atoms with Crippen molar-refractivity contribution in [2.75, 3.05) is 0 Å². The predicted octanol–water partition coefficient (Wildman–Crippen LogP) is 2.57. The summed E-state index contributed by atoms with van der Waals surface area (Å²) in [7, 11) is 0. The number of hydrogen-bond acceptors (Lipinski definition) is 4. The van der Waals surface area contributed by atoms with E-state index < -0.39 is 0 Å². The monoisotopic (exact) mass is 190 g/mol. The van der Waals surface area contributed by atoms with E-state index in [1.807, 2.05) is 13.0 Å². The second-order valence-electron chi connectivity index (χ2n) is 2.66. The Morgan fingerprint density at radius 1 is 1.54 bits per heavy atom. The van der Waals surface area contributed by atoms with Crippen LogP contribution in [0.4, 0.5) is 5.00 Å². The summed E-state index contributed by atoms with van der Waals surface area (Å²) in [5, 5.41) is 1.79. The minimum Gasteiger partial charge on any atom is -0.263 e. The van der Waals surface area contributed by atoms with E-state index in [0.29, 0.717) is 5.00 Å². The lowest BCUT2D eigenvalue weighted by Crippen LogP contribution is -1.74. The van der Waals surface area contributed by atoms with Gasteiger partial charge in [0.15, 0.2) is 0 Å². The zero-order chi connectivity index (χ0) is 9.26. The Kier molecular flexibility index (Phi) is 1.93. The second kappa shape index (κ2) is 3.09. The zero-order valence-corrected chi connectivity index (χ0v) is 7.76. The van der Waals surface area contributed by atoms with Crippen LogP contribution in [0.5, 0.6) is 0 Å². The van der Waals surface area contributed by atoms with Gasteiger partial charge in [-0.15, -0.1) is 11.3 Å². The molecule has 3 nitrogen and oxygen atoms in total. The average Bonchev–Trinajstić information content (AvgIpc) is 2.49. The van der Waals surface area contributed by atoms with Crippen molar-refractivity contribution in [1.29, 1.82) is 0 Å². The standard InChI is InChI=1S/C9H6N2OS/c1-6-3-10-4-8-7(6)2-9(13-8)11-5-12/h2-4H,1H3. The van der Waals surface area contributed by atoms with Crippen molar-refractivity contribution < 1.29 is 4.79 Å². The number of nitrogens with zero attached hydrogens (tertiary/aromatic N) is 2. The van der Waals surface area contributed by atoms with Crippen molar-refractivity contribution in [1.82, 2.24) is 4.98 Å². The molecule has 4 heteroatoms. The molecule has 0 fully saturated rings. The van der Waals surface area contributed by atoms with Gasteiger partial charge in [0.25, 0.3) is 0 Å². The molecule has 0 unspecified atom stereocenters. The number of hydrogen-bond donors (Lipinski definition) is 0. The number of pyridine rings is 1. The van der Waals surface area contributed by atoms with Crippen molar-refractivity contribution in [3.05, 3.63) is 24.0 Å². The summed E-state index contributed by atoms with van der Waals surface area (Å²) >= 11 is 1.44. The van der Waals surface area contributed by atoms with Crippen LogP contribution in [0.3, 0.4) is 0 Å². The summed E-state index contributed by atoms with van der Waals surface area (Å²) in [6, 6.07) is 1.88. The molecule has 0 spiro atoms. The molecule has 0 atom stereocenters. The summed E-state index contributed by atoms with van der Waals surface area (Å²) < 4.78 is 1.05. The van der Waals surface area contributed by atoms with Gasteiger partial charge >= 0.3 is 0 Å². The molecule has 2 heterocycles. The molecule has 0 bridgehead atoms. The van der Waals surface area contributed by atoms with Crippen molar-refractivity contribution in [2.24, 2.45) is 4.99 Å². The Balaban J connectivity index is 2.75. The highest BCUT2D eigenvalue weighted by Gasteiger charge is 2.02. The molecule has 2 aromatic rings. The summed E-state index contributed by atoms with van der Waals surface area (Å²) in [5.74, 6) is 0. The van der Waals surface area contributed by atoms with E-state index >= 15 is 0 Å². The Hall–Kier alpha value is -1.51. The predicted molar refractivity (Wildman–Crippen MR) is 52.1 cm³/mol. The maximum absolute atomic E-state index is 10.0. The van der Waals surface area contributed by atoms with E-state index in [2.05, 4.69) is 9.98 Å². The molecule has 0 radical (unpaired) electrons. The van der Waals surface area contributed by atoms with Crippen LogP contribution in [-0.2, 0) is 4.79 Å². The third-order valence-corrected chi connectivity index (χ3v) is 2.75. The number of carbonyl (C=O) groups excluding carboxylic acids is 1. The summed E-state index contributed by atoms with van der Waals surface area (Å²) in [5.41, 5.74) is 1.10. The first-order valence-electron chi connectivity index (χ1n) is 3.73. The third kappa shape index (κ3) is 1.37. The maximum atomic E-state index is 10.0. The molecule has 0 amide bonds. The topological polar surface area (TPSA) is 42.3 Å². The van der Waals surface area contributed by atoms with Crippen LogP contribution in [-0.4, -0.2) is 11.1 Å². The van der Waals surface area contributed by atoms with Crippen LogP contribution in [0.2, 0.25) is 0 Å². The lowest BCUT2D eigenvalue weighted by molar-refractivity contribution is 0.565. The number of aromatic nitrogens is 1. The van der Waals surface area contributed by atoms with E-state index in [0.717, 1.165) is 15.6 Å². The first-order chi connectivity index (χ1) is 6.31. The van der Waals surface area contributed by atoms with E-state index in [4.69, 9.17) is 0 Å². The molecule has 0 saturated heterocycles. The number of aryl methyl sites for hydroxylation is 1. The third-order valence-electron chi connectivity index (χ3n) is 1.79. The molecule has 0 aliphatic carbocycles. The smallest absolute Gasteiger partial charge is 0.241 e. The lowest BCUT2D eigenvalue weighted by atomic mass is 10.2. The molecule has 0 N–H and O–H groups in total. The van der Waals surface area contributed by atoms with Gasteiger partial charge in [-0.1, -0.05) is 0 Å². The van der Waals surface area contributed by atoms with Crippen LogP contribution in [0.1, 0.15) is 5.56 Å². The van der Waals surface area contributed by atoms with Crippen LogP contribution >= 0.6 is 11.3 Å². The molecule has 2 aromatic heterocycles. The molecule has 13 heavy (non-hydrogen) atoms. The Morgan fingerprint density at radius 2 is 2.38 bits per heavy atom. The molecular formula is C9H6N2OS. The number of aliphatic imine (C=N–C) groups is 1. The fourth-order valence-electron chi connectivity index (χ4n) is 1.18. The minimum absolute atomic E-state index is 0.682. The van der Waals surface area contributed by atoms with Gasteiger partial charge in [-0.25, -0.2) is 4.79 Å². The normalized spacial score (nSPS) is 9.92. The van der Waals surface area contributed by atoms with Crippen molar-refractivity contribution >= 4 is 32.5 Å². The average molecular weight is 190 g/mol. The second-order valence-corrected chi connectivity index (χ2v) is 3.72. The highest BCUT2D eigenvalue weighted by Crippen LogP contribution is 2.32. The quantitative estimate of drug-likeness (QED) is 0.512. The minimum atomic E-state index is 0.682. The highest BCUT2D eigenvalue weighted by atomic mass is 32.1. The largest absolute Gasteiger partial charge is 0.263 e. The molecule has 0 aliphatic heterocycles. The van der Waals surface area contributed by atoms with Crippen LogP contribution in [0, 0.1) is 6.92 Å². The van der Waals surface area contributed by atoms with E-state index in [-0.39, 0.29) is 0 Å². The van der Waals surface area contributed by atoms with Gasteiger partial charge in [-0.2, -0.15) is 4.99 Å². The number of fused-ring (bicyclic) bond motifs is 1. The number of isocyanates is 1. The van der Waals surface area contributed by atoms with Crippen LogP contribution < -0.4 is 0 Å². The molecule has 2 rings (SSSR count). The molecule has 0 saturated carbocycles. The zero-order valence-electron chi connectivity index (χ0n) is 6.94.